The molecule has 1 aromatic carbocycles. The molecule has 0 radical (unpaired) electrons. The molecule has 2 rings (SSSR count). The van der Waals surface area contributed by atoms with Gasteiger partial charge in [-0.2, -0.15) is 0 Å². The lowest BCUT2D eigenvalue weighted by Gasteiger charge is -2.05. The normalized spacial score (nSPS) is 10.2. The number of nitrogens with one attached hydrogen (secondary N) is 1. The lowest BCUT2D eigenvalue weighted by Crippen LogP contribution is -2.11. The molecule has 0 saturated carbocycles. The first-order chi connectivity index (χ1) is 8.20. The molecule has 0 aliphatic rings. The van der Waals surface area contributed by atoms with E-state index in [0.717, 1.165) is 5.69 Å². The molecule has 1 aromatic heterocycles. The van der Waals surface area contributed by atoms with Crippen LogP contribution < -0.4 is 11.1 Å². The molecular weight excluding hydrogens is 252 g/mol. The fraction of sp³-hybridized carbons (Fsp3) is 0.0833. The summed E-state index contributed by atoms with van der Waals surface area (Å²) >= 11 is 3.01. The van der Waals surface area contributed by atoms with Crippen LogP contribution in [0.2, 0.25) is 0 Å². The monoisotopic (exact) mass is 264 g/mol. The van der Waals surface area contributed by atoms with E-state index >= 15 is 0 Å². The summed E-state index contributed by atoms with van der Waals surface area (Å²) in [5.74, 6) is -0.158. The zero-order valence-electron chi connectivity index (χ0n) is 9.27. The number of rotatable bonds is 3. The lowest BCUT2D eigenvalue weighted by atomic mass is 10.3. The summed E-state index contributed by atoms with van der Waals surface area (Å²) in [6.07, 6.45) is 2.01. The SMILES string of the molecule is CSc1ccc(NC(=O)c2sccc2N)cc1. The molecule has 0 bridgehead atoms. The molecule has 0 unspecified atom stereocenters. The van der Waals surface area contributed by atoms with Crippen molar-refractivity contribution < 1.29 is 4.79 Å². The molecule has 3 nitrogen and oxygen atoms in total. The van der Waals surface area contributed by atoms with Crippen LogP contribution in [-0.2, 0) is 0 Å². The van der Waals surface area contributed by atoms with Gasteiger partial charge in [0, 0.05) is 10.6 Å². The Morgan fingerprint density at radius 1 is 1.29 bits per heavy atom. The number of hydrogen-bond donors (Lipinski definition) is 2. The number of carbonyl (C=O) groups is 1. The number of nitrogen functional groups attached to an aromatic ring is 1. The minimum absolute atomic E-state index is 0.158. The van der Waals surface area contributed by atoms with Gasteiger partial charge in [-0.3, -0.25) is 4.79 Å². The smallest absolute Gasteiger partial charge is 0.267 e. The Labute approximate surface area is 108 Å². The van der Waals surface area contributed by atoms with E-state index in [1.54, 1.807) is 23.2 Å². The maximum atomic E-state index is 11.9. The Balaban J connectivity index is 2.10. The highest BCUT2D eigenvalue weighted by Gasteiger charge is 2.10. The predicted octanol–water partition coefficient (Wildman–Crippen LogP) is 3.30. The minimum atomic E-state index is -0.158. The number of amides is 1. The zero-order valence-corrected chi connectivity index (χ0v) is 10.9. The lowest BCUT2D eigenvalue weighted by molar-refractivity contribution is 0.103. The van der Waals surface area contributed by atoms with Crippen molar-refractivity contribution in [2.24, 2.45) is 0 Å². The summed E-state index contributed by atoms with van der Waals surface area (Å²) in [6, 6.07) is 9.44. The van der Waals surface area contributed by atoms with Crippen molar-refractivity contribution >= 4 is 40.4 Å². The standard InChI is InChI=1S/C12H12N2OS2/c1-16-9-4-2-8(3-5-9)14-12(15)11-10(13)6-7-17-11/h2-7H,13H2,1H3,(H,14,15). The van der Waals surface area contributed by atoms with Crippen LogP contribution in [0.25, 0.3) is 0 Å². The maximum Gasteiger partial charge on any atom is 0.267 e. The third-order valence-electron chi connectivity index (χ3n) is 2.25. The molecule has 0 saturated heterocycles. The Hall–Kier alpha value is -1.46. The van der Waals surface area contributed by atoms with Crippen molar-refractivity contribution in [1.29, 1.82) is 0 Å². The first-order valence-electron chi connectivity index (χ1n) is 4.99. The van der Waals surface area contributed by atoms with Crippen LogP contribution in [0.3, 0.4) is 0 Å². The topological polar surface area (TPSA) is 55.1 Å². The van der Waals surface area contributed by atoms with Crippen molar-refractivity contribution in [3.63, 3.8) is 0 Å². The van der Waals surface area contributed by atoms with Crippen LogP contribution in [0, 0.1) is 0 Å². The number of thiophene rings is 1. The first-order valence-corrected chi connectivity index (χ1v) is 7.09. The molecular formula is C12H12N2OS2. The summed E-state index contributed by atoms with van der Waals surface area (Å²) in [4.78, 5) is 13.6. The minimum Gasteiger partial charge on any atom is -0.397 e. The predicted molar refractivity (Wildman–Crippen MR) is 74.9 cm³/mol. The average molecular weight is 264 g/mol. The molecule has 1 heterocycles. The largest absolute Gasteiger partial charge is 0.397 e. The molecule has 1 amide bonds. The van der Waals surface area contributed by atoms with Gasteiger partial charge in [-0.1, -0.05) is 0 Å². The second kappa shape index (κ2) is 5.25. The Kier molecular flexibility index (Phi) is 3.71. The van der Waals surface area contributed by atoms with Gasteiger partial charge in [0.2, 0.25) is 0 Å². The Morgan fingerprint density at radius 2 is 2.00 bits per heavy atom. The van der Waals surface area contributed by atoms with Gasteiger partial charge in [-0.15, -0.1) is 23.1 Å². The van der Waals surface area contributed by atoms with Gasteiger partial charge in [-0.25, -0.2) is 0 Å². The summed E-state index contributed by atoms with van der Waals surface area (Å²) in [7, 11) is 0. The van der Waals surface area contributed by atoms with E-state index in [0.29, 0.717) is 10.6 Å². The van der Waals surface area contributed by atoms with E-state index in [2.05, 4.69) is 5.32 Å². The van der Waals surface area contributed by atoms with E-state index < -0.39 is 0 Å². The molecule has 0 fully saturated rings. The van der Waals surface area contributed by atoms with Crippen molar-refractivity contribution in [2.45, 2.75) is 4.90 Å². The molecule has 17 heavy (non-hydrogen) atoms. The molecule has 2 aromatic rings. The van der Waals surface area contributed by atoms with E-state index in [4.69, 9.17) is 5.73 Å². The van der Waals surface area contributed by atoms with Gasteiger partial charge in [-0.05, 0) is 42.0 Å². The van der Waals surface area contributed by atoms with Gasteiger partial charge in [0.05, 0.1) is 5.69 Å². The third kappa shape index (κ3) is 2.81. The molecule has 88 valence electrons. The van der Waals surface area contributed by atoms with Crippen LogP contribution >= 0.6 is 23.1 Å². The first kappa shape index (κ1) is 12.0. The van der Waals surface area contributed by atoms with Crippen LogP contribution in [-0.4, -0.2) is 12.2 Å². The second-order valence-corrected chi connectivity index (χ2v) is 5.18. The van der Waals surface area contributed by atoms with Crippen molar-refractivity contribution in [2.75, 3.05) is 17.3 Å². The van der Waals surface area contributed by atoms with Gasteiger partial charge in [0.25, 0.3) is 5.91 Å². The number of benzene rings is 1. The van der Waals surface area contributed by atoms with E-state index in [9.17, 15) is 4.79 Å². The number of hydrogen-bond acceptors (Lipinski definition) is 4. The average Bonchev–Trinajstić information content (AvgIpc) is 2.76. The Morgan fingerprint density at radius 3 is 2.53 bits per heavy atom. The Bertz CT molecular complexity index is 520. The van der Waals surface area contributed by atoms with Gasteiger partial charge in [0.15, 0.2) is 0 Å². The van der Waals surface area contributed by atoms with Crippen molar-refractivity contribution in [3.8, 4) is 0 Å². The number of thioether (sulfide) groups is 1. The number of anilines is 2. The van der Waals surface area contributed by atoms with Crippen LogP contribution in [0.15, 0.2) is 40.6 Å². The summed E-state index contributed by atoms with van der Waals surface area (Å²) in [5.41, 5.74) is 6.99. The molecule has 5 heteroatoms. The van der Waals surface area contributed by atoms with Gasteiger partial charge < -0.3 is 11.1 Å². The molecule has 0 atom stereocenters. The summed E-state index contributed by atoms with van der Waals surface area (Å²) in [5, 5.41) is 4.63. The van der Waals surface area contributed by atoms with E-state index in [1.807, 2.05) is 30.5 Å². The highest BCUT2D eigenvalue weighted by Crippen LogP contribution is 2.22. The van der Waals surface area contributed by atoms with Crippen molar-refractivity contribution in [3.05, 3.63) is 40.6 Å². The fourth-order valence-electron chi connectivity index (χ4n) is 1.37. The molecule has 0 spiro atoms. The quantitative estimate of drug-likeness (QED) is 0.836. The fourth-order valence-corrected chi connectivity index (χ4v) is 2.49. The third-order valence-corrected chi connectivity index (χ3v) is 3.92. The highest BCUT2D eigenvalue weighted by molar-refractivity contribution is 7.98. The molecule has 0 aliphatic carbocycles. The van der Waals surface area contributed by atoms with E-state index in [1.165, 1.54) is 16.2 Å². The van der Waals surface area contributed by atoms with E-state index in [-0.39, 0.29) is 5.91 Å². The van der Waals surface area contributed by atoms with Crippen LogP contribution in [0.1, 0.15) is 9.67 Å². The maximum absolute atomic E-state index is 11.9. The van der Waals surface area contributed by atoms with Gasteiger partial charge in [0.1, 0.15) is 4.88 Å². The number of carbonyl (C=O) groups excluding carboxylic acids is 1. The molecule has 3 N–H and O–H groups in total. The number of nitrogens with two attached hydrogens (primary N) is 1. The highest BCUT2D eigenvalue weighted by atomic mass is 32.2. The molecule has 0 aliphatic heterocycles. The van der Waals surface area contributed by atoms with Crippen LogP contribution in [0.4, 0.5) is 11.4 Å². The summed E-state index contributed by atoms with van der Waals surface area (Å²) in [6.45, 7) is 0. The van der Waals surface area contributed by atoms with Gasteiger partial charge >= 0.3 is 0 Å². The second-order valence-electron chi connectivity index (χ2n) is 3.39. The summed E-state index contributed by atoms with van der Waals surface area (Å²) < 4.78 is 0. The zero-order chi connectivity index (χ0) is 12.3. The van der Waals surface area contributed by atoms with Crippen LogP contribution in [0.5, 0.6) is 0 Å². The van der Waals surface area contributed by atoms with Crippen molar-refractivity contribution in [1.82, 2.24) is 0 Å².